The van der Waals surface area contributed by atoms with Crippen molar-refractivity contribution in [2.45, 2.75) is 25.0 Å². The lowest BCUT2D eigenvalue weighted by atomic mass is 10.2. The SMILES string of the molecule is Nc1cc2oc(N3CCOCC3)nc2cc1N1CCC(Oc2ccc(C(=O)Nc3cc4oc(NCCO)nc4cc3N3CCC(O)C3)nc2Br)C1. The van der Waals surface area contributed by atoms with Crippen molar-refractivity contribution in [3.05, 3.63) is 46.7 Å². The third kappa shape index (κ3) is 6.93. The minimum Gasteiger partial charge on any atom is -0.486 e. The number of β-amino-alcohol motifs (C(OH)–C–C–N with tert-alkyl or cyclic N) is 1. The van der Waals surface area contributed by atoms with E-state index in [1.54, 1.807) is 18.2 Å². The fourth-order valence-electron chi connectivity index (χ4n) is 6.70. The Morgan fingerprint density at radius 1 is 0.941 bits per heavy atom. The van der Waals surface area contributed by atoms with Crippen LogP contribution in [-0.4, -0.2) is 109 Å². The molecule has 0 saturated carbocycles. The van der Waals surface area contributed by atoms with E-state index in [4.69, 9.17) is 34.1 Å². The molecule has 51 heavy (non-hydrogen) atoms. The summed E-state index contributed by atoms with van der Waals surface area (Å²) in [6.45, 7) is 5.34. The Morgan fingerprint density at radius 2 is 1.71 bits per heavy atom. The Labute approximate surface area is 300 Å². The van der Waals surface area contributed by atoms with E-state index in [1.165, 1.54) is 0 Å². The molecule has 6 heterocycles. The zero-order valence-corrected chi connectivity index (χ0v) is 29.3. The monoisotopic (exact) mass is 763 g/mol. The number of morpholine rings is 1. The van der Waals surface area contributed by atoms with Crippen LogP contribution in [-0.2, 0) is 4.74 Å². The highest BCUT2D eigenvalue weighted by Crippen LogP contribution is 2.37. The number of nitrogens with zero attached hydrogens (tertiary/aromatic N) is 6. The number of nitrogen functional groups attached to an aromatic ring is 1. The van der Waals surface area contributed by atoms with Crippen LogP contribution in [0.4, 0.5) is 34.8 Å². The van der Waals surface area contributed by atoms with Crippen LogP contribution in [0.25, 0.3) is 22.2 Å². The van der Waals surface area contributed by atoms with Gasteiger partial charge in [0.05, 0.1) is 55.2 Å². The van der Waals surface area contributed by atoms with Crippen LogP contribution in [0.1, 0.15) is 23.3 Å². The molecule has 1 amide bonds. The number of amides is 1. The Balaban J connectivity index is 0.948. The number of hydrogen-bond acceptors (Lipinski definition) is 15. The second kappa shape index (κ2) is 14.1. The molecule has 3 aromatic heterocycles. The van der Waals surface area contributed by atoms with Crippen molar-refractivity contribution >= 4 is 78.8 Å². The summed E-state index contributed by atoms with van der Waals surface area (Å²) in [5.41, 5.74) is 11.8. The third-order valence-electron chi connectivity index (χ3n) is 9.28. The smallest absolute Gasteiger partial charge is 0.298 e. The van der Waals surface area contributed by atoms with Crippen LogP contribution in [0.2, 0.25) is 0 Å². The number of anilines is 6. The molecule has 0 radical (unpaired) electrons. The van der Waals surface area contributed by atoms with Gasteiger partial charge in [0.15, 0.2) is 16.9 Å². The Kier molecular flexibility index (Phi) is 9.18. The first kappa shape index (κ1) is 33.3. The fraction of sp³-hybridized carbons (Fsp3) is 0.412. The van der Waals surface area contributed by atoms with Gasteiger partial charge in [0.25, 0.3) is 17.9 Å². The minimum absolute atomic E-state index is 0.0736. The number of benzene rings is 2. The van der Waals surface area contributed by atoms with E-state index in [2.05, 4.69) is 46.3 Å². The van der Waals surface area contributed by atoms with Crippen molar-refractivity contribution in [2.24, 2.45) is 0 Å². The van der Waals surface area contributed by atoms with Crippen molar-refractivity contribution in [3.8, 4) is 5.75 Å². The van der Waals surface area contributed by atoms with E-state index in [0.29, 0.717) is 89.4 Å². The number of fused-ring (bicyclic) bond motifs is 2. The van der Waals surface area contributed by atoms with E-state index < -0.39 is 12.0 Å². The van der Waals surface area contributed by atoms with Gasteiger partial charge in [-0.05, 0) is 46.6 Å². The lowest BCUT2D eigenvalue weighted by Gasteiger charge is -2.24. The van der Waals surface area contributed by atoms with Gasteiger partial charge in [-0.2, -0.15) is 9.97 Å². The fourth-order valence-corrected chi connectivity index (χ4v) is 7.12. The Bertz CT molecular complexity index is 2070. The molecular weight excluding hydrogens is 726 g/mol. The van der Waals surface area contributed by atoms with E-state index in [9.17, 15) is 9.90 Å². The van der Waals surface area contributed by atoms with E-state index in [1.807, 2.05) is 23.1 Å². The number of aliphatic hydroxyl groups is 2. The molecule has 3 saturated heterocycles. The van der Waals surface area contributed by atoms with Gasteiger partial charge in [0.1, 0.15) is 27.4 Å². The molecule has 2 atom stereocenters. The molecule has 5 aromatic rings. The van der Waals surface area contributed by atoms with Gasteiger partial charge in [-0.3, -0.25) is 4.79 Å². The van der Waals surface area contributed by atoms with E-state index in [-0.39, 0.29) is 31.0 Å². The molecule has 2 unspecified atom stereocenters. The molecule has 3 aliphatic rings. The quantitative estimate of drug-likeness (QED) is 0.102. The lowest BCUT2D eigenvalue weighted by Crippen LogP contribution is -2.36. The number of oxazole rings is 2. The molecule has 17 heteroatoms. The van der Waals surface area contributed by atoms with Crippen molar-refractivity contribution in [2.75, 3.05) is 96.7 Å². The number of aliphatic hydroxyl groups excluding tert-OH is 2. The predicted octanol–water partition coefficient (Wildman–Crippen LogP) is 3.43. The van der Waals surface area contributed by atoms with E-state index >= 15 is 0 Å². The van der Waals surface area contributed by atoms with Gasteiger partial charge in [0, 0.05) is 57.8 Å². The first-order valence-corrected chi connectivity index (χ1v) is 17.7. The van der Waals surface area contributed by atoms with Gasteiger partial charge in [-0.15, -0.1) is 0 Å². The van der Waals surface area contributed by atoms with Crippen molar-refractivity contribution in [3.63, 3.8) is 0 Å². The van der Waals surface area contributed by atoms with Crippen LogP contribution in [0.15, 0.2) is 49.8 Å². The summed E-state index contributed by atoms with van der Waals surface area (Å²) in [6.07, 6.45) is 0.772. The second-order valence-corrected chi connectivity index (χ2v) is 13.5. The molecule has 6 N–H and O–H groups in total. The first-order valence-electron chi connectivity index (χ1n) is 17.0. The van der Waals surface area contributed by atoms with Crippen molar-refractivity contribution in [1.82, 2.24) is 15.0 Å². The number of nitrogens with two attached hydrogens (primary N) is 1. The van der Waals surface area contributed by atoms with Crippen LogP contribution in [0.3, 0.4) is 0 Å². The Hall–Kier alpha value is -4.84. The summed E-state index contributed by atoms with van der Waals surface area (Å²) >= 11 is 3.51. The number of carbonyl (C=O) groups excluding carboxylic acids is 1. The molecule has 3 aliphatic heterocycles. The number of nitrogens with one attached hydrogen (secondary N) is 2. The maximum atomic E-state index is 13.5. The average Bonchev–Trinajstić information content (AvgIpc) is 3.94. The highest BCUT2D eigenvalue weighted by atomic mass is 79.9. The summed E-state index contributed by atoms with van der Waals surface area (Å²) in [4.78, 5) is 33.5. The van der Waals surface area contributed by atoms with Crippen LogP contribution in [0, 0.1) is 0 Å². The molecule has 2 aromatic carbocycles. The largest absolute Gasteiger partial charge is 0.486 e. The van der Waals surface area contributed by atoms with Gasteiger partial charge in [-0.25, -0.2) is 4.98 Å². The molecule has 3 fully saturated rings. The van der Waals surface area contributed by atoms with Crippen molar-refractivity contribution < 1.29 is 33.3 Å². The zero-order valence-electron chi connectivity index (χ0n) is 27.7. The van der Waals surface area contributed by atoms with Crippen LogP contribution in [0.5, 0.6) is 5.75 Å². The minimum atomic E-state index is -0.469. The summed E-state index contributed by atoms with van der Waals surface area (Å²) < 4.78 is 24.0. The summed E-state index contributed by atoms with van der Waals surface area (Å²) in [6, 6.07) is 11.5. The number of hydrogen-bond donors (Lipinski definition) is 5. The van der Waals surface area contributed by atoms with E-state index in [0.717, 1.165) is 37.3 Å². The normalized spacial score (nSPS) is 19.4. The summed E-state index contributed by atoms with van der Waals surface area (Å²) in [5, 5.41) is 25.3. The summed E-state index contributed by atoms with van der Waals surface area (Å²) in [7, 11) is 0. The second-order valence-electron chi connectivity index (χ2n) is 12.8. The zero-order chi connectivity index (χ0) is 35.1. The molecule has 0 spiro atoms. The van der Waals surface area contributed by atoms with Gasteiger partial charge < -0.3 is 59.6 Å². The van der Waals surface area contributed by atoms with Crippen LogP contribution >= 0.6 is 15.9 Å². The molecule has 0 aliphatic carbocycles. The van der Waals surface area contributed by atoms with Gasteiger partial charge in [0.2, 0.25) is 0 Å². The number of pyridine rings is 1. The lowest BCUT2D eigenvalue weighted by molar-refractivity contribution is 0.102. The average molecular weight is 765 g/mol. The molecule has 0 bridgehead atoms. The molecule has 8 rings (SSSR count). The third-order valence-corrected chi connectivity index (χ3v) is 9.85. The van der Waals surface area contributed by atoms with Crippen molar-refractivity contribution in [1.29, 1.82) is 0 Å². The molecular formula is C34H38BrN9O7. The maximum Gasteiger partial charge on any atom is 0.298 e. The topological polar surface area (TPSA) is 201 Å². The summed E-state index contributed by atoms with van der Waals surface area (Å²) in [5.74, 6) is 0.0921. The maximum absolute atomic E-state index is 13.5. The number of rotatable bonds is 10. The molecule has 16 nitrogen and oxygen atoms in total. The van der Waals surface area contributed by atoms with Gasteiger partial charge >= 0.3 is 0 Å². The standard InChI is InChI=1S/C34H38BrN9O7/c35-31-28(49-20-4-7-44(18-20)26-14-25-29(13-21(26)36)51-34(41-25)42-8-11-48-12-9-42)2-1-22(38-31)32(47)39-23-16-30-24(40-33(50-30)37-5-10-45)15-27(23)43-6-3-19(46)17-43/h1-2,13-16,19-20,45-46H,3-12,17-18,36H2,(H,37,40)(H,39,47). The highest BCUT2D eigenvalue weighted by Gasteiger charge is 2.29. The number of aromatic nitrogens is 3. The predicted molar refractivity (Wildman–Crippen MR) is 195 cm³/mol. The number of carbonyl (C=O) groups is 1. The molecule has 268 valence electrons. The highest BCUT2D eigenvalue weighted by molar-refractivity contribution is 9.10. The number of halogens is 1. The van der Waals surface area contributed by atoms with Crippen LogP contribution < -0.4 is 35.8 Å². The first-order chi connectivity index (χ1) is 24.8. The van der Waals surface area contributed by atoms with Gasteiger partial charge in [-0.1, -0.05) is 0 Å². The number of ether oxygens (including phenoxy) is 2. The Morgan fingerprint density at radius 3 is 2.49 bits per heavy atom.